The predicted octanol–water partition coefficient (Wildman–Crippen LogP) is 2.85. The molecule has 1 aromatic heterocycles. The zero-order valence-corrected chi connectivity index (χ0v) is 15.8. The van der Waals surface area contributed by atoms with Crippen LogP contribution < -0.4 is 10.6 Å². The Balaban J connectivity index is 1.36. The average molecular weight is 379 g/mol. The van der Waals surface area contributed by atoms with Gasteiger partial charge in [-0.3, -0.25) is 4.79 Å². The Morgan fingerprint density at radius 2 is 2.20 bits per heavy atom. The number of aromatic nitrogens is 2. The summed E-state index contributed by atoms with van der Waals surface area (Å²) in [6, 6.07) is 8.14. The Hall–Kier alpha value is -1.64. The Morgan fingerprint density at radius 1 is 1.36 bits per heavy atom. The van der Waals surface area contributed by atoms with Gasteiger partial charge in [-0.1, -0.05) is 52.9 Å². The van der Waals surface area contributed by atoms with E-state index in [1.54, 1.807) is 0 Å². The molecule has 1 aliphatic rings. The zero-order valence-electron chi connectivity index (χ0n) is 14.2. The molecule has 1 aliphatic heterocycles. The number of rotatable bonds is 8. The van der Waals surface area contributed by atoms with E-state index in [4.69, 9.17) is 4.74 Å². The van der Waals surface area contributed by atoms with Gasteiger partial charge in [0.25, 0.3) is 0 Å². The molecule has 1 atom stereocenters. The van der Waals surface area contributed by atoms with E-state index in [0.29, 0.717) is 12.3 Å². The average Bonchev–Trinajstić information content (AvgIpc) is 3.29. The summed E-state index contributed by atoms with van der Waals surface area (Å²) in [6.07, 6.45) is 2.49. The number of nitrogens with one attached hydrogen (secondary N) is 2. The molecule has 8 heteroatoms. The van der Waals surface area contributed by atoms with E-state index in [1.807, 2.05) is 31.2 Å². The summed E-state index contributed by atoms with van der Waals surface area (Å²) in [4.78, 5) is 12.0. The molecule has 25 heavy (non-hydrogen) atoms. The number of amides is 1. The third kappa shape index (κ3) is 5.98. The number of thioether (sulfide) groups is 1. The van der Waals surface area contributed by atoms with Gasteiger partial charge in [0.1, 0.15) is 0 Å². The fourth-order valence-electron chi connectivity index (χ4n) is 2.43. The van der Waals surface area contributed by atoms with Crippen LogP contribution in [0.2, 0.25) is 0 Å². The maximum atomic E-state index is 12.0. The third-order valence-corrected chi connectivity index (χ3v) is 5.86. The fourth-order valence-corrected chi connectivity index (χ4v) is 4.02. The number of nitrogens with zero attached hydrogens (tertiary/aromatic N) is 2. The lowest BCUT2D eigenvalue weighted by Gasteiger charge is -2.08. The van der Waals surface area contributed by atoms with Crippen LogP contribution in [0.15, 0.2) is 28.6 Å². The van der Waals surface area contributed by atoms with Crippen molar-refractivity contribution in [3.63, 3.8) is 0 Å². The van der Waals surface area contributed by atoms with Gasteiger partial charge in [-0.15, -0.1) is 10.2 Å². The van der Waals surface area contributed by atoms with E-state index in [1.165, 1.54) is 28.7 Å². The maximum Gasteiger partial charge on any atom is 0.230 e. The molecule has 1 unspecified atom stereocenters. The summed E-state index contributed by atoms with van der Waals surface area (Å²) in [5.41, 5.74) is 2.31. The van der Waals surface area contributed by atoms with Crippen LogP contribution in [0, 0.1) is 6.92 Å². The summed E-state index contributed by atoms with van der Waals surface area (Å²) in [5.74, 6) is 0.335. The Labute approximate surface area is 155 Å². The maximum absolute atomic E-state index is 12.0. The summed E-state index contributed by atoms with van der Waals surface area (Å²) < 4.78 is 6.36. The highest BCUT2D eigenvalue weighted by Gasteiger charge is 2.16. The standard InChI is InChI=1S/C17H22N4O2S2/c1-12-4-6-13(7-5-12)9-18-15(22)11-24-17-21-20-16(25-17)19-10-14-3-2-8-23-14/h4-7,14H,2-3,8-11H2,1H3,(H,18,22)(H,19,20). The second kappa shape index (κ2) is 9.17. The van der Waals surface area contributed by atoms with E-state index in [-0.39, 0.29) is 12.0 Å². The van der Waals surface area contributed by atoms with Gasteiger partial charge in [-0.2, -0.15) is 0 Å². The van der Waals surface area contributed by atoms with Crippen molar-refractivity contribution in [2.75, 3.05) is 24.2 Å². The number of ether oxygens (including phenoxy) is 1. The van der Waals surface area contributed by atoms with Gasteiger partial charge in [0.05, 0.1) is 11.9 Å². The zero-order chi connectivity index (χ0) is 17.5. The topological polar surface area (TPSA) is 76.1 Å². The minimum absolute atomic E-state index is 0.00496. The molecule has 0 saturated carbocycles. The van der Waals surface area contributed by atoms with Crippen molar-refractivity contribution >= 4 is 34.1 Å². The Morgan fingerprint density at radius 3 is 2.96 bits per heavy atom. The van der Waals surface area contributed by atoms with Gasteiger partial charge in [0.15, 0.2) is 4.34 Å². The summed E-state index contributed by atoms with van der Waals surface area (Å²) in [7, 11) is 0. The smallest absolute Gasteiger partial charge is 0.230 e. The first-order chi connectivity index (χ1) is 12.2. The van der Waals surface area contributed by atoms with Crippen LogP contribution in [0.1, 0.15) is 24.0 Å². The van der Waals surface area contributed by atoms with Crippen molar-refractivity contribution in [2.24, 2.45) is 0 Å². The molecular formula is C17H22N4O2S2. The van der Waals surface area contributed by atoms with Crippen molar-refractivity contribution < 1.29 is 9.53 Å². The predicted molar refractivity (Wildman–Crippen MR) is 101 cm³/mol. The van der Waals surface area contributed by atoms with E-state index in [2.05, 4.69) is 20.8 Å². The molecule has 0 bridgehead atoms. The van der Waals surface area contributed by atoms with Crippen LogP contribution in [0.5, 0.6) is 0 Å². The largest absolute Gasteiger partial charge is 0.376 e. The highest BCUT2D eigenvalue weighted by molar-refractivity contribution is 8.01. The lowest BCUT2D eigenvalue weighted by atomic mass is 10.1. The molecule has 1 amide bonds. The third-order valence-electron chi connectivity index (χ3n) is 3.85. The van der Waals surface area contributed by atoms with Crippen LogP contribution in [-0.2, 0) is 16.1 Å². The molecule has 2 heterocycles. The first kappa shape index (κ1) is 18.2. The number of anilines is 1. The lowest BCUT2D eigenvalue weighted by Crippen LogP contribution is -2.24. The van der Waals surface area contributed by atoms with Crippen LogP contribution in [-0.4, -0.2) is 41.1 Å². The highest BCUT2D eigenvalue weighted by Crippen LogP contribution is 2.25. The number of carbonyl (C=O) groups is 1. The van der Waals surface area contributed by atoms with Gasteiger partial charge >= 0.3 is 0 Å². The highest BCUT2D eigenvalue weighted by atomic mass is 32.2. The first-order valence-electron chi connectivity index (χ1n) is 8.33. The minimum Gasteiger partial charge on any atom is -0.376 e. The van der Waals surface area contributed by atoms with Crippen molar-refractivity contribution in [2.45, 2.75) is 36.8 Å². The van der Waals surface area contributed by atoms with Crippen molar-refractivity contribution in [1.82, 2.24) is 15.5 Å². The molecule has 2 N–H and O–H groups in total. The molecule has 2 aromatic rings. The molecule has 1 fully saturated rings. The van der Waals surface area contributed by atoms with E-state index in [9.17, 15) is 4.79 Å². The van der Waals surface area contributed by atoms with E-state index >= 15 is 0 Å². The summed E-state index contributed by atoms with van der Waals surface area (Å²) >= 11 is 2.88. The van der Waals surface area contributed by atoms with Gasteiger partial charge < -0.3 is 15.4 Å². The number of benzene rings is 1. The van der Waals surface area contributed by atoms with Gasteiger partial charge in [-0.25, -0.2) is 0 Å². The van der Waals surface area contributed by atoms with Crippen molar-refractivity contribution in [3.05, 3.63) is 35.4 Å². The minimum atomic E-state index is -0.00496. The van der Waals surface area contributed by atoms with Crippen LogP contribution >= 0.6 is 23.1 Å². The van der Waals surface area contributed by atoms with Crippen LogP contribution in [0.25, 0.3) is 0 Å². The lowest BCUT2D eigenvalue weighted by molar-refractivity contribution is -0.118. The summed E-state index contributed by atoms with van der Waals surface area (Å²) in [5, 5.41) is 15.2. The summed E-state index contributed by atoms with van der Waals surface area (Å²) in [6.45, 7) is 4.20. The number of aryl methyl sites for hydroxylation is 1. The van der Waals surface area contributed by atoms with E-state index in [0.717, 1.165) is 41.0 Å². The number of hydrogen-bond donors (Lipinski definition) is 2. The van der Waals surface area contributed by atoms with Crippen LogP contribution in [0.3, 0.4) is 0 Å². The molecule has 1 saturated heterocycles. The number of hydrogen-bond acceptors (Lipinski definition) is 7. The second-order valence-electron chi connectivity index (χ2n) is 5.94. The van der Waals surface area contributed by atoms with Crippen molar-refractivity contribution in [3.8, 4) is 0 Å². The SMILES string of the molecule is Cc1ccc(CNC(=O)CSc2nnc(NCC3CCCO3)s2)cc1. The monoisotopic (exact) mass is 378 g/mol. The Bertz CT molecular complexity index is 684. The molecule has 0 spiro atoms. The molecular weight excluding hydrogens is 356 g/mol. The first-order valence-corrected chi connectivity index (χ1v) is 10.1. The van der Waals surface area contributed by atoms with Crippen molar-refractivity contribution in [1.29, 1.82) is 0 Å². The second-order valence-corrected chi connectivity index (χ2v) is 8.14. The van der Waals surface area contributed by atoms with Crippen LogP contribution in [0.4, 0.5) is 5.13 Å². The Kier molecular flexibility index (Phi) is 6.66. The molecule has 0 aliphatic carbocycles. The van der Waals surface area contributed by atoms with E-state index < -0.39 is 0 Å². The molecule has 3 rings (SSSR count). The molecule has 0 radical (unpaired) electrons. The van der Waals surface area contributed by atoms with Gasteiger partial charge in [0.2, 0.25) is 11.0 Å². The molecule has 1 aromatic carbocycles. The molecule has 6 nitrogen and oxygen atoms in total. The number of carbonyl (C=O) groups excluding carboxylic acids is 1. The quantitative estimate of drug-likeness (QED) is 0.688. The fraction of sp³-hybridized carbons (Fsp3) is 0.471. The normalized spacial score (nSPS) is 16.8. The molecule has 134 valence electrons. The van der Waals surface area contributed by atoms with Gasteiger partial charge in [-0.05, 0) is 25.3 Å². The van der Waals surface area contributed by atoms with Gasteiger partial charge in [0, 0.05) is 19.7 Å².